The van der Waals surface area contributed by atoms with Crippen LogP contribution < -0.4 is 5.73 Å². The molecule has 66 valence electrons. The first-order valence-electron chi connectivity index (χ1n) is 3.74. The van der Waals surface area contributed by atoms with Crippen LogP contribution in [0.15, 0.2) is 0 Å². The Hall–Kier alpha value is -0.140. The fraction of sp³-hybridized carbons (Fsp3) is 0.857. The summed E-state index contributed by atoms with van der Waals surface area (Å²) in [5, 5.41) is 8.48. The summed E-state index contributed by atoms with van der Waals surface area (Å²) < 4.78 is 0. The van der Waals surface area contributed by atoms with Crippen LogP contribution in [0.5, 0.6) is 0 Å². The Morgan fingerprint density at radius 2 is 2.18 bits per heavy atom. The lowest BCUT2D eigenvalue weighted by Gasteiger charge is -2.14. The van der Waals surface area contributed by atoms with Crippen LogP contribution in [-0.2, 0) is 4.79 Å². The summed E-state index contributed by atoms with van der Waals surface area (Å²) in [7, 11) is 0.667. The van der Waals surface area contributed by atoms with Gasteiger partial charge in [-0.05, 0) is 17.9 Å². The summed E-state index contributed by atoms with van der Waals surface area (Å²) >= 11 is 0. The van der Waals surface area contributed by atoms with Gasteiger partial charge in [-0.15, -0.1) is 8.58 Å². The lowest BCUT2D eigenvalue weighted by Crippen LogP contribution is -2.20. The van der Waals surface area contributed by atoms with E-state index in [0.717, 1.165) is 0 Å². The van der Waals surface area contributed by atoms with Crippen molar-refractivity contribution in [1.82, 2.24) is 0 Å². The van der Waals surface area contributed by atoms with E-state index in [1.807, 2.05) is 0 Å². The molecule has 3 nitrogen and oxygen atoms in total. The average Bonchev–Trinajstić information content (AvgIpc) is 1.84. The van der Waals surface area contributed by atoms with Gasteiger partial charge in [-0.3, -0.25) is 4.79 Å². The summed E-state index contributed by atoms with van der Waals surface area (Å²) in [6.45, 7) is 4.66. The van der Waals surface area contributed by atoms with Crippen LogP contribution in [0.2, 0.25) is 0 Å². The van der Waals surface area contributed by atoms with E-state index in [1.54, 1.807) is 0 Å². The minimum Gasteiger partial charge on any atom is -0.481 e. The Balaban J connectivity index is 3.66. The topological polar surface area (TPSA) is 63.3 Å². The zero-order valence-corrected chi connectivity index (χ0v) is 8.00. The van der Waals surface area contributed by atoms with E-state index in [4.69, 9.17) is 10.8 Å². The highest BCUT2D eigenvalue weighted by Crippen LogP contribution is 2.26. The lowest BCUT2D eigenvalue weighted by molar-refractivity contribution is -0.136. The maximum Gasteiger partial charge on any atom is 0.304 e. The van der Waals surface area contributed by atoms with Crippen LogP contribution in [-0.4, -0.2) is 28.9 Å². The van der Waals surface area contributed by atoms with Gasteiger partial charge in [-0.2, -0.15) is 0 Å². The van der Waals surface area contributed by atoms with E-state index in [2.05, 4.69) is 13.8 Å². The molecular weight excluding hydrogens is 161 g/mol. The third kappa shape index (κ3) is 6.27. The van der Waals surface area contributed by atoms with E-state index in [1.165, 1.54) is 0 Å². The minimum atomic E-state index is -0.742. The maximum absolute atomic E-state index is 10.3. The second-order valence-corrected chi connectivity index (χ2v) is 5.16. The molecule has 0 aliphatic heterocycles. The number of carbonyl (C=O) groups is 1. The van der Waals surface area contributed by atoms with E-state index in [9.17, 15) is 4.79 Å². The standard InChI is InChI=1S/C7H16NO2P/c1-5(2)11-6(4-8)3-7(9)10/h5-6,11H,3-4,8H2,1-2H3,(H,9,10)/t6-/m0/s1. The summed E-state index contributed by atoms with van der Waals surface area (Å²) in [6.07, 6.45) is 0.215. The van der Waals surface area contributed by atoms with Crippen molar-refractivity contribution in [3.63, 3.8) is 0 Å². The Bertz CT molecular complexity index is 128. The van der Waals surface area contributed by atoms with Gasteiger partial charge in [0.15, 0.2) is 0 Å². The van der Waals surface area contributed by atoms with Crippen molar-refractivity contribution in [3.05, 3.63) is 0 Å². The van der Waals surface area contributed by atoms with Gasteiger partial charge in [0.1, 0.15) is 0 Å². The first-order chi connectivity index (χ1) is 5.06. The van der Waals surface area contributed by atoms with Crippen molar-refractivity contribution >= 4 is 14.6 Å². The molecule has 0 saturated carbocycles. The second kappa shape index (κ2) is 5.50. The van der Waals surface area contributed by atoms with Gasteiger partial charge in [0, 0.05) is 0 Å². The fourth-order valence-corrected chi connectivity index (χ4v) is 2.26. The highest BCUT2D eigenvalue weighted by atomic mass is 31.1. The first kappa shape index (κ1) is 10.9. The number of hydrogen-bond donors (Lipinski definition) is 2. The number of carboxylic acid groups (broad SMARTS) is 1. The molecule has 0 aromatic heterocycles. The smallest absolute Gasteiger partial charge is 0.304 e. The Labute approximate surface area is 69.1 Å². The van der Waals surface area contributed by atoms with Gasteiger partial charge >= 0.3 is 5.97 Å². The molecule has 0 aromatic rings. The number of hydrogen-bond acceptors (Lipinski definition) is 2. The van der Waals surface area contributed by atoms with Gasteiger partial charge < -0.3 is 10.8 Å². The van der Waals surface area contributed by atoms with E-state index < -0.39 is 5.97 Å². The van der Waals surface area contributed by atoms with Gasteiger partial charge in [0.25, 0.3) is 0 Å². The zero-order chi connectivity index (χ0) is 8.85. The fourth-order valence-electron chi connectivity index (χ4n) is 0.892. The lowest BCUT2D eigenvalue weighted by atomic mass is 10.3. The molecule has 0 rings (SSSR count). The van der Waals surface area contributed by atoms with Crippen LogP contribution in [0.25, 0.3) is 0 Å². The Morgan fingerprint density at radius 3 is 2.45 bits per heavy atom. The minimum absolute atomic E-state index is 0.174. The van der Waals surface area contributed by atoms with Crippen LogP contribution in [0.4, 0.5) is 0 Å². The Morgan fingerprint density at radius 1 is 1.64 bits per heavy atom. The predicted octanol–water partition coefficient (Wildman–Crippen LogP) is 0.875. The third-order valence-electron chi connectivity index (χ3n) is 1.27. The molecular formula is C7H16NO2P. The summed E-state index contributed by atoms with van der Waals surface area (Å²) in [5.74, 6) is -0.742. The molecule has 3 N–H and O–H groups in total. The van der Waals surface area contributed by atoms with E-state index >= 15 is 0 Å². The second-order valence-electron chi connectivity index (χ2n) is 2.85. The quantitative estimate of drug-likeness (QED) is 0.612. The molecule has 0 heterocycles. The first-order valence-corrected chi connectivity index (χ1v) is 4.89. The zero-order valence-electron chi connectivity index (χ0n) is 7.00. The summed E-state index contributed by atoms with van der Waals surface area (Å²) in [6, 6.07) is 0. The van der Waals surface area contributed by atoms with Crippen molar-refractivity contribution < 1.29 is 9.90 Å². The van der Waals surface area contributed by atoms with E-state index in [0.29, 0.717) is 20.8 Å². The predicted molar refractivity (Wildman–Crippen MR) is 48.5 cm³/mol. The number of carboxylic acids is 1. The molecule has 0 spiro atoms. The molecule has 0 bridgehead atoms. The molecule has 0 fully saturated rings. The van der Waals surface area contributed by atoms with Crippen molar-refractivity contribution in [1.29, 1.82) is 0 Å². The summed E-state index contributed by atoms with van der Waals surface area (Å²) in [4.78, 5) is 10.3. The number of aliphatic carboxylic acids is 1. The van der Waals surface area contributed by atoms with E-state index in [-0.39, 0.29) is 12.1 Å². The molecule has 11 heavy (non-hydrogen) atoms. The van der Waals surface area contributed by atoms with Crippen LogP contribution in [0.3, 0.4) is 0 Å². The van der Waals surface area contributed by atoms with Crippen LogP contribution in [0, 0.1) is 0 Å². The molecule has 0 radical (unpaired) electrons. The maximum atomic E-state index is 10.3. The third-order valence-corrected chi connectivity index (χ3v) is 2.85. The average molecular weight is 177 g/mol. The number of nitrogens with two attached hydrogens (primary N) is 1. The molecule has 0 saturated heterocycles. The monoisotopic (exact) mass is 177 g/mol. The Kier molecular flexibility index (Phi) is 5.43. The van der Waals surface area contributed by atoms with Crippen molar-refractivity contribution in [2.45, 2.75) is 31.6 Å². The molecule has 0 aromatic carbocycles. The van der Waals surface area contributed by atoms with Crippen LogP contribution >= 0.6 is 8.58 Å². The molecule has 0 aliphatic rings. The number of rotatable bonds is 5. The largest absolute Gasteiger partial charge is 0.481 e. The van der Waals surface area contributed by atoms with Gasteiger partial charge in [-0.1, -0.05) is 13.8 Å². The highest BCUT2D eigenvalue weighted by Gasteiger charge is 2.12. The summed E-state index contributed by atoms with van der Waals surface area (Å²) in [5.41, 5.74) is 6.14. The van der Waals surface area contributed by atoms with Gasteiger partial charge in [0.2, 0.25) is 0 Å². The molecule has 1 unspecified atom stereocenters. The van der Waals surface area contributed by atoms with Gasteiger partial charge in [0.05, 0.1) is 6.42 Å². The SMILES string of the molecule is CC(C)P[C@H](CN)CC(=O)O. The highest BCUT2D eigenvalue weighted by molar-refractivity contribution is 7.39. The van der Waals surface area contributed by atoms with Crippen molar-refractivity contribution in [3.8, 4) is 0 Å². The van der Waals surface area contributed by atoms with Crippen molar-refractivity contribution in [2.75, 3.05) is 6.54 Å². The molecule has 2 atom stereocenters. The van der Waals surface area contributed by atoms with Crippen LogP contribution in [0.1, 0.15) is 20.3 Å². The van der Waals surface area contributed by atoms with Crippen molar-refractivity contribution in [2.24, 2.45) is 5.73 Å². The normalized spacial score (nSPS) is 14.5. The molecule has 0 amide bonds. The molecule has 0 aliphatic carbocycles. The molecule has 4 heteroatoms. The van der Waals surface area contributed by atoms with Gasteiger partial charge in [-0.25, -0.2) is 0 Å².